The zero-order valence-corrected chi connectivity index (χ0v) is 19.0. The van der Waals surface area contributed by atoms with Gasteiger partial charge in [-0.2, -0.15) is 0 Å². The van der Waals surface area contributed by atoms with Crippen molar-refractivity contribution < 1.29 is 14.3 Å². The first-order chi connectivity index (χ1) is 14.3. The highest BCUT2D eigenvalue weighted by atomic mass is 35.5. The van der Waals surface area contributed by atoms with Crippen LogP contribution in [0.4, 0.5) is 0 Å². The summed E-state index contributed by atoms with van der Waals surface area (Å²) in [5, 5.41) is 3.49. The molecule has 0 aliphatic rings. The van der Waals surface area contributed by atoms with Gasteiger partial charge in [-0.25, -0.2) is 0 Å². The van der Waals surface area contributed by atoms with Gasteiger partial charge in [0.1, 0.15) is 11.8 Å². The van der Waals surface area contributed by atoms with Gasteiger partial charge in [0.25, 0.3) is 5.91 Å². The quantitative estimate of drug-likeness (QED) is 0.557. The number of halogens is 1. The van der Waals surface area contributed by atoms with Crippen LogP contribution in [0.2, 0.25) is 5.02 Å². The van der Waals surface area contributed by atoms with Crippen LogP contribution in [0.1, 0.15) is 43.4 Å². The number of amides is 2. The second kappa shape index (κ2) is 11.6. The molecule has 30 heavy (non-hydrogen) atoms. The van der Waals surface area contributed by atoms with Crippen LogP contribution in [0, 0.1) is 13.8 Å². The first-order valence-corrected chi connectivity index (χ1v) is 10.7. The third-order valence-corrected chi connectivity index (χ3v) is 5.03. The molecule has 5 nitrogen and oxygen atoms in total. The minimum absolute atomic E-state index is 0.143. The summed E-state index contributed by atoms with van der Waals surface area (Å²) in [4.78, 5) is 27.2. The van der Waals surface area contributed by atoms with E-state index >= 15 is 0 Å². The summed E-state index contributed by atoms with van der Waals surface area (Å²) >= 11 is 6.10. The molecule has 2 rings (SSSR count). The molecular formula is C24H31ClN2O3. The third kappa shape index (κ3) is 7.38. The Kier molecular flexibility index (Phi) is 9.18. The van der Waals surface area contributed by atoms with Crippen molar-refractivity contribution in [3.63, 3.8) is 0 Å². The molecule has 1 atom stereocenters. The number of hydrogen-bond acceptors (Lipinski definition) is 3. The standard InChI is InChI=1S/C24H31ClN2O3/c1-5-6-10-26-24(29)19(4)27(15-20-8-7-9-21(25)14-20)23(28)16-30-22-12-17(2)11-18(3)13-22/h7-9,11-14,19H,5-6,10,15-16H2,1-4H3,(H,26,29)/t19-/m0/s1. The zero-order valence-electron chi connectivity index (χ0n) is 18.2. The minimum atomic E-state index is -0.629. The lowest BCUT2D eigenvalue weighted by Crippen LogP contribution is -2.49. The highest BCUT2D eigenvalue weighted by Crippen LogP contribution is 2.18. The summed E-state index contributed by atoms with van der Waals surface area (Å²) < 4.78 is 5.75. The van der Waals surface area contributed by atoms with Crippen LogP contribution in [-0.4, -0.2) is 35.9 Å². The summed E-state index contributed by atoms with van der Waals surface area (Å²) in [6.07, 6.45) is 1.89. The van der Waals surface area contributed by atoms with Gasteiger partial charge >= 0.3 is 0 Å². The molecule has 0 fully saturated rings. The first kappa shape index (κ1) is 23.7. The molecule has 6 heteroatoms. The number of nitrogens with one attached hydrogen (secondary N) is 1. The number of carbonyl (C=O) groups excluding carboxylic acids is 2. The van der Waals surface area contributed by atoms with Gasteiger partial charge in [0, 0.05) is 18.1 Å². The molecule has 0 aliphatic carbocycles. The van der Waals surface area contributed by atoms with Crippen LogP contribution in [0.15, 0.2) is 42.5 Å². The summed E-state index contributed by atoms with van der Waals surface area (Å²) in [5.41, 5.74) is 2.99. The number of aryl methyl sites for hydroxylation is 2. The lowest BCUT2D eigenvalue weighted by Gasteiger charge is -2.29. The van der Waals surface area contributed by atoms with Crippen molar-refractivity contribution in [3.05, 3.63) is 64.2 Å². The fourth-order valence-electron chi connectivity index (χ4n) is 3.19. The van der Waals surface area contributed by atoms with Gasteiger partial charge in [-0.1, -0.05) is 43.1 Å². The fraction of sp³-hybridized carbons (Fsp3) is 0.417. The van der Waals surface area contributed by atoms with Crippen LogP contribution in [0.5, 0.6) is 5.75 Å². The molecule has 0 aromatic heterocycles. The minimum Gasteiger partial charge on any atom is -0.484 e. The van der Waals surface area contributed by atoms with Crippen molar-refractivity contribution >= 4 is 23.4 Å². The highest BCUT2D eigenvalue weighted by molar-refractivity contribution is 6.30. The molecule has 0 spiro atoms. The zero-order chi connectivity index (χ0) is 22.1. The lowest BCUT2D eigenvalue weighted by atomic mass is 10.1. The molecule has 0 saturated heterocycles. The Morgan fingerprint density at radius 1 is 1.13 bits per heavy atom. The van der Waals surface area contributed by atoms with Crippen molar-refractivity contribution in [2.75, 3.05) is 13.2 Å². The normalized spacial score (nSPS) is 11.6. The maximum Gasteiger partial charge on any atom is 0.261 e. The molecule has 0 unspecified atom stereocenters. The van der Waals surface area contributed by atoms with Gasteiger partial charge < -0.3 is 15.0 Å². The molecule has 0 heterocycles. The van der Waals surface area contributed by atoms with Gasteiger partial charge in [0.05, 0.1) is 0 Å². The molecule has 2 aromatic rings. The largest absolute Gasteiger partial charge is 0.484 e. The van der Waals surface area contributed by atoms with E-state index in [1.807, 2.05) is 44.2 Å². The van der Waals surface area contributed by atoms with Crippen LogP contribution in [0.3, 0.4) is 0 Å². The number of unbranched alkanes of at least 4 members (excludes halogenated alkanes) is 1. The highest BCUT2D eigenvalue weighted by Gasteiger charge is 2.26. The van der Waals surface area contributed by atoms with Gasteiger partial charge in [-0.05, 0) is 68.1 Å². The Morgan fingerprint density at radius 3 is 2.47 bits per heavy atom. The number of hydrogen-bond donors (Lipinski definition) is 1. The number of benzene rings is 2. The molecule has 0 saturated carbocycles. The van der Waals surface area contributed by atoms with Gasteiger partial charge in [0.2, 0.25) is 5.91 Å². The summed E-state index contributed by atoms with van der Waals surface area (Å²) in [6, 6.07) is 12.5. The fourth-order valence-corrected chi connectivity index (χ4v) is 3.41. The maximum atomic E-state index is 13.0. The van der Waals surface area contributed by atoms with Crippen LogP contribution < -0.4 is 10.1 Å². The van der Waals surface area contributed by atoms with Crippen molar-refractivity contribution in [2.24, 2.45) is 0 Å². The van der Waals surface area contributed by atoms with E-state index in [9.17, 15) is 9.59 Å². The predicted octanol–water partition coefficient (Wildman–Crippen LogP) is 4.67. The van der Waals surface area contributed by atoms with E-state index in [4.69, 9.17) is 16.3 Å². The van der Waals surface area contributed by atoms with E-state index in [-0.39, 0.29) is 25.0 Å². The molecule has 0 aliphatic heterocycles. The number of carbonyl (C=O) groups is 2. The van der Waals surface area contributed by atoms with Crippen LogP contribution in [-0.2, 0) is 16.1 Å². The Balaban J connectivity index is 2.13. The van der Waals surface area contributed by atoms with E-state index in [1.54, 1.807) is 19.1 Å². The topological polar surface area (TPSA) is 58.6 Å². The lowest BCUT2D eigenvalue weighted by molar-refractivity contribution is -0.142. The second-order valence-corrected chi connectivity index (χ2v) is 8.02. The first-order valence-electron chi connectivity index (χ1n) is 10.3. The van der Waals surface area contributed by atoms with Gasteiger partial charge in [-0.15, -0.1) is 0 Å². The van der Waals surface area contributed by atoms with Crippen molar-refractivity contribution in [1.82, 2.24) is 10.2 Å². The number of ether oxygens (including phenoxy) is 1. The van der Waals surface area contributed by atoms with Crippen LogP contribution >= 0.6 is 11.6 Å². The maximum absolute atomic E-state index is 13.0. The molecule has 2 aromatic carbocycles. The molecular weight excluding hydrogens is 400 g/mol. The Morgan fingerprint density at radius 2 is 1.83 bits per heavy atom. The van der Waals surface area contributed by atoms with Gasteiger partial charge in [0.15, 0.2) is 6.61 Å². The predicted molar refractivity (Wildman–Crippen MR) is 121 cm³/mol. The smallest absolute Gasteiger partial charge is 0.261 e. The summed E-state index contributed by atoms with van der Waals surface area (Å²) in [7, 11) is 0. The molecule has 0 bridgehead atoms. The Hall–Kier alpha value is -2.53. The second-order valence-electron chi connectivity index (χ2n) is 7.58. The van der Waals surface area contributed by atoms with E-state index in [0.29, 0.717) is 17.3 Å². The SMILES string of the molecule is CCCCNC(=O)[C@H](C)N(Cc1cccc(Cl)c1)C(=O)COc1cc(C)cc(C)c1. The average Bonchev–Trinajstić information content (AvgIpc) is 2.69. The van der Waals surface area contributed by atoms with E-state index in [2.05, 4.69) is 12.2 Å². The molecule has 0 radical (unpaired) electrons. The van der Waals surface area contributed by atoms with Crippen molar-refractivity contribution in [2.45, 2.75) is 53.1 Å². The van der Waals surface area contributed by atoms with Crippen molar-refractivity contribution in [1.29, 1.82) is 0 Å². The molecule has 2 amide bonds. The monoisotopic (exact) mass is 430 g/mol. The Labute approximate surface area is 184 Å². The summed E-state index contributed by atoms with van der Waals surface area (Å²) in [6.45, 7) is 8.49. The molecule has 162 valence electrons. The van der Waals surface area contributed by atoms with Gasteiger partial charge in [-0.3, -0.25) is 9.59 Å². The number of nitrogens with zero attached hydrogens (tertiary/aromatic N) is 1. The molecule has 1 N–H and O–H groups in total. The van der Waals surface area contributed by atoms with E-state index in [0.717, 1.165) is 29.5 Å². The average molecular weight is 431 g/mol. The van der Waals surface area contributed by atoms with E-state index < -0.39 is 6.04 Å². The van der Waals surface area contributed by atoms with Crippen molar-refractivity contribution in [3.8, 4) is 5.75 Å². The van der Waals surface area contributed by atoms with E-state index in [1.165, 1.54) is 4.90 Å². The summed E-state index contributed by atoms with van der Waals surface area (Å²) in [5.74, 6) is 0.209. The number of rotatable bonds is 10. The van der Waals surface area contributed by atoms with Crippen LogP contribution in [0.25, 0.3) is 0 Å². The Bertz CT molecular complexity index is 849. The third-order valence-electron chi connectivity index (χ3n) is 4.80.